The third kappa shape index (κ3) is 4.09. The van der Waals surface area contributed by atoms with Crippen LogP contribution in [0.4, 0.5) is 4.79 Å². The van der Waals surface area contributed by atoms with Crippen LogP contribution < -0.4 is 5.32 Å². The Morgan fingerprint density at radius 1 is 1.14 bits per heavy atom. The van der Waals surface area contributed by atoms with Gasteiger partial charge < -0.3 is 20.2 Å². The van der Waals surface area contributed by atoms with Crippen LogP contribution in [-0.2, 0) is 9.59 Å². The number of likely N-dealkylation sites (tertiary alicyclic amines) is 2. The lowest BCUT2D eigenvalue weighted by Crippen LogP contribution is -2.51. The molecule has 0 aliphatic carbocycles. The highest BCUT2D eigenvalue weighted by molar-refractivity contribution is 5.77. The van der Waals surface area contributed by atoms with E-state index in [0.29, 0.717) is 19.6 Å². The zero-order chi connectivity index (χ0) is 15.4. The van der Waals surface area contributed by atoms with Gasteiger partial charge in [-0.1, -0.05) is 0 Å². The molecule has 0 aromatic rings. The van der Waals surface area contributed by atoms with Gasteiger partial charge in [-0.25, -0.2) is 4.79 Å². The maximum absolute atomic E-state index is 12.5. The van der Waals surface area contributed by atoms with E-state index < -0.39 is 5.97 Å². The van der Waals surface area contributed by atoms with Crippen molar-refractivity contribution in [2.45, 2.75) is 51.1 Å². The molecule has 0 aromatic heterocycles. The Kier molecular flexibility index (Phi) is 5.03. The maximum Gasteiger partial charge on any atom is 0.320 e. The predicted molar refractivity (Wildman–Crippen MR) is 75.8 cm³/mol. The lowest BCUT2D eigenvalue weighted by molar-refractivity contribution is -0.138. The molecule has 2 aliphatic rings. The Morgan fingerprint density at radius 2 is 1.81 bits per heavy atom. The largest absolute Gasteiger partial charge is 0.481 e. The van der Waals surface area contributed by atoms with Crippen LogP contribution in [0.15, 0.2) is 0 Å². The molecule has 2 heterocycles. The molecular formula is C14H23N3O4. The minimum Gasteiger partial charge on any atom is -0.481 e. The Hall–Kier alpha value is -1.79. The standard InChI is InChI=1S/C14H23N3O4/c1-10(18)15-11-4-7-16(8-5-11)14(21)17-6-2-3-12(17)9-13(19)20/h11-12H,2-9H2,1H3,(H,15,18)(H,19,20). The number of hydrogen-bond donors (Lipinski definition) is 2. The molecule has 7 nitrogen and oxygen atoms in total. The van der Waals surface area contributed by atoms with E-state index in [1.165, 1.54) is 6.92 Å². The molecule has 1 unspecified atom stereocenters. The number of amides is 3. The fourth-order valence-corrected chi connectivity index (χ4v) is 3.19. The minimum absolute atomic E-state index is 0.0219. The summed E-state index contributed by atoms with van der Waals surface area (Å²) in [6.07, 6.45) is 3.16. The average Bonchev–Trinajstić information content (AvgIpc) is 2.85. The summed E-state index contributed by atoms with van der Waals surface area (Å²) in [5, 5.41) is 11.8. The number of piperidine rings is 1. The summed E-state index contributed by atoms with van der Waals surface area (Å²) in [7, 11) is 0. The molecule has 0 spiro atoms. The number of nitrogens with one attached hydrogen (secondary N) is 1. The summed E-state index contributed by atoms with van der Waals surface area (Å²) in [4.78, 5) is 37.9. The number of carbonyl (C=O) groups excluding carboxylic acids is 2. The van der Waals surface area contributed by atoms with E-state index in [0.717, 1.165) is 25.7 Å². The van der Waals surface area contributed by atoms with Crippen molar-refractivity contribution in [3.8, 4) is 0 Å². The lowest BCUT2D eigenvalue weighted by Gasteiger charge is -2.36. The molecule has 7 heteroatoms. The highest BCUT2D eigenvalue weighted by atomic mass is 16.4. The zero-order valence-corrected chi connectivity index (χ0v) is 12.4. The van der Waals surface area contributed by atoms with E-state index in [1.54, 1.807) is 9.80 Å². The van der Waals surface area contributed by atoms with Crippen LogP contribution in [-0.4, -0.2) is 64.5 Å². The molecule has 0 aromatic carbocycles. The van der Waals surface area contributed by atoms with Gasteiger partial charge in [-0.05, 0) is 25.7 Å². The maximum atomic E-state index is 12.5. The number of hydrogen-bond acceptors (Lipinski definition) is 3. The van der Waals surface area contributed by atoms with Gasteiger partial charge in [0.1, 0.15) is 0 Å². The van der Waals surface area contributed by atoms with Crippen LogP contribution in [0.1, 0.15) is 39.0 Å². The number of urea groups is 1. The van der Waals surface area contributed by atoms with Crippen LogP contribution in [0, 0.1) is 0 Å². The Morgan fingerprint density at radius 3 is 2.38 bits per heavy atom. The third-order valence-electron chi connectivity index (χ3n) is 4.21. The van der Waals surface area contributed by atoms with E-state index >= 15 is 0 Å². The second-order valence-electron chi connectivity index (χ2n) is 5.83. The number of carbonyl (C=O) groups is 3. The number of aliphatic carboxylic acids is 1. The van der Waals surface area contributed by atoms with Crippen molar-refractivity contribution in [2.24, 2.45) is 0 Å². The summed E-state index contributed by atoms with van der Waals surface area (Å²) in [6.45, 7) is 3.36. The molecule has 1 atom stereocenters. The molecule has 0 radical (unpaired) electrons. The van der Waals surface area contributed by atoms with Crippen molar-refractivity contribution < 1.29 is 19.5 Å². The normalized spacial score (nSPS) is 23.2. The summed E-state index contributed by atoms with van der Waals surface area (Å²) >= 11 is 0. The molecule has 0 bridgehead atoms. The van der Waals surface area contributed by atoms with Gasteiger partial charge in [0.25, 0.3) is 0 Å². The van der Waals surface area contributed by atoms with Crippen LogP contribution in [0.25, 0.3) is 0 Å². The molecule has 2 N–H and O–H groups in total. The fraction of sp³-hybridized carbons (Fsp3) is 0.786. The van der Waals surface area contributed by atoms with Crippen molar-refractivity contribution in [3.05, 3.63) is 0 Å². The van der Waals surface area contributed by atoms with E-state index in [4.69, 9.17) is 5.11 Å². The molecule has 118 valence electrons. The Bertz CT molecular complexity index is 418. The van der Waals surface area contributed by atoms with Gasteiger partial charge in [-0.3, -0.25) is 9.59 Å². The van der Waals surface area contributed by atoms with E-state index in [-0.39, 0.29) is 30.4 Å². The highest BCUT2D eigenvalue weighted by Crippen LogP contribution is 2.23. The summed E-state index contributed by atoms with van der Waals surface area (Å²) in [5.41, 5.74) is 0. The van der Waals surface area contributed by atoms with Crippen molar-refractivity contribution in [3.63, 3.8) is 0 Å². The molecule has 2 fully saturated rings. The minimum atomic E-state index is -0.857. The van der Waals surface area contributed by atoms with Gasteiger partial charge in [0.05, 0.1) is 6.42 Å². The fourth-order valence-electron chi connectivity index (χ4n) is 3.19. The first kappa shape index (κ1) is 15.6. The molecular weight excluding hydrogens is 274 g/mol. The smallest absolute Gasteiger partial charge is 0.320 e. The monoisotopic (exact) mass is 297 g/mol. The summed E-state index contributed by atoms with van der Waals surface area (Å²) in [5.74, 6) is -0.898. The van der Waals surface area contributed by atoms with E-state index in [9.17, 15) is 14.4 Å². The average molecular weight is 297 g/mol. The van der Waals surface area contributed by atoms with Gasteiger partial charge in [0, 0.05) is 38.6 Å². The molecule has 2 saturated heterocycles. The molecule has 0 saturated carbocycles. The second kappa shape index (κ2) is 6.78. The van der Waals surface area contributed by atoms with Gasteiger partial charge in [-0.15, -0.1) is 0 Å². The van der Waals surface area contributed by atoms with Crippen molar-refractivity contribution in [1.82, 2.24) is 15.1 Å². The predicted octanol–water partition coefficient (Wildman–Crippen LogP) is 0.646. The van der Waals surface area contributed by atoms with E-state index in [1.807, 2.05) is 0 Å². The Labute approximate surface area is 124 Å². The van der Waals surface area contributed by atoms with E-state index in [2.05, 4.69) is 5.32 Å². The Balaban J connectivity index is 1.86. The van der Waals surface area contributed by atoms with Gasteiger partial charge in [0.2, 0.25) is 5.91 Å². The zero-order valence-electron chi connectivity index (χ0n) is 12.4. The van der Waals surface area contributed by atoms with Crippen molar-refractivity contribution in [2.75, 3.05) is 19.6 Å². The van der Waals surface area contributed by atoms with Crippen molar-refractivity contribution in [1.29, 1.82) is 0 Å². The van der Waals surface area contributed by atoms with Crippen molar-refractivity contribution >= 4 is 17.9 Å². The number of nitrogens with zero attached hydrogens (tertiary/aromatic N) is 2. The molecule has 3 amide bonds. The number of carboxylic acids is 1. The molecule has 21 heavy (non-hydrogen) atoms. The lowest BCUT2D eigenvalue weighted by atomic mass is 10.1. The topological polar surface area (TPSA) is 90.0 Å². The summed E-state index contributed by atoms with van der Waals surface area (Å²) < 4.78 is 0. The first-order valence-corrected chi connectivity index (χ1v) is 7.52. The third-order valence-corrected chi connectivity index (χ3v) is 4.21. The highest BCUT2D eigenvalue weighted by Gasteiger charge is 2.34. The first-order valence-electron chi connectivity index (χ1n) is 7.52. The van der Waals surface area contributed by atoms with Crippen LogP contribution in [0.3, 0.4) is 0 Å². The number of carboxylic acid groups (broad SMARTS) is 1. The summed E-state index contributed by atoms with van der Waals surface area (Å²) in [6, 6.07) is -0.0944. The van der Waals surface area contributed by atoms with Crippen LogP contribution in [0.5, 0.6) is 0 Å². The SMILES string of the molecule is CC(=O)NC1CCN(C(=O)N2CCCC2CC(=O)O)CC1. The second-order valence-corrected chi connectivity index (χ2v) is 5.83. The van der Waals surface area contributed by atoms with Crippen LogP contribution in [0.2, 0.25) is 0 Å². The van der Waals surface area contributed by atoms with Gasteiger partial charge >= 0.3 is 12.0 Å². The van der Waals surface area contributed by atoms with Crippen LogP contribution >= 0.6 is 0 Å². The molecule has 2 rings (SSSR count). The number of rotatable bonds is 3. The van der Waals surface area contributed by atoms with Gasteiger partial charge in [-0.2, -0.15) is 0 Å². The van der Waals surface area contributed by atoms with Gasteiger partial charge in [0.15, 0.2) is 0 Å². The molecule has 2 aliphatic heterocycles. The quantitative estimate of drug-likeness (QED) is 0.800. The first-order chi connectivity index (χ1) is 9.97.